The number of amides is 1. The summed E-state index contributed by atoms with van der Waals surface area (Å²) in [6, 6.07) is 0.137. The number of nitrogens with zero attached hydrogens (tertiary/aromatic N) is 1. The lowest BCUT2D eigenvalue weighted by molar-refractivity contribution is -0.125. The van der Waals surface area contributed by atoms with Gasteiger partial charge in [0.1, 0.15) is 0 Å². The first kappa shape index (κ1) is 7.28. The van der Waals surface area contributed by atoms with E-state index in [9.17, 15) is 4.79 Å². The third-order valence-corrected chi connectivity index (χ3v) is 1.64. The van der Waals surface area contributed by atoms with Crippen molar-refractivity contribution in [2.24, 2.45) is 0 Å². The molecule has 0 fully saturated rings. The Morgan fingerprint density at radius 2 is 2.50 bits per heavy atom. The molecule has 0 aromatic rings. The molecule has 1 aliphatic heterocycles. The second kappa shape index (κ2) is 2.84. The molecule has 3 heteroatoms. The molecule has 0 saturated carbocycles. The normalized spacial score (nSPS) is 24.4. The SMILES string of the molecule is COCC1C=CC(=O)N1C. The first-order valence-corrected chi connectivity index (χ1v) is 3.19. The standard InChI is InChI=1S/C7H11NO2/c1-8-6(5-10-2)3-4-7(8)9/h3-4,6H,5H2,1-2H3. The third-order valence-electron chi connectivity index (χ3n) is 1.64. The van der Waals surface area contributed by atoms with Crippen LogP contribution in [0.4, 0.5) is 0 Å². The Morgan fingerprint density at radius 1 is 1.80 bits per heavy atom. The van der Waals surface area contributed by atoms with Crippen molar-refractivity contribution in [2.75, 3.05) is 20.8 Å². The van der Waals surface area contributed by atoms with Crippen LogP contribution in [-0.4, -0.2) is 37.6 Å². The molecular weight excluding hydrogens is 130 g/mol. The van der Waals surface area contributed by atoms with E-state index in [1.807, 2.05) is 6.08 Å². The van der Waals surface area contributed by atoms with Crippen LogP contribution >= 0.6 is 0 Å². The van der Waals surface area contributed by atoms with E-state index in [-0.39, 0.29) is 11.9 Å². The van der Waals surface area contributed by atoms with Crippen molar-refractivity contribution in [1.29, 1.82) is 0 Å². The van der Waals surface area contributed by atoms with E-state index >= 15 is 0 Å². The number of likely N-dealkylation sites (N-methyl/N-ethyl adjacent to an activating group) is 1. The van der Waals surface area contributed by atoms with Gasteiger partial charge in [-0.3, -0.25) is 4.79 Å². The highest BCUT2D eigenvalue weighted by molar-refractivity contribution is 5.90. The van der Waals surface area contributed by atoms with Gasteiger partial charge in [0.25, 0.3) is 0 Å². The molecule has 1 heterocycles. The summed E-state index contributed by atoms with van der Waals surface area (Å²) in [5.74, 6) is 0.0575. The fourth-order valence-electron chi connectivity index (χ4n) is 0.942. The number of hydrogen-bond donors (Lipinski definition) is 0. The molecule has 0 aromatic carbocycles. The third kappa shape index (κ3) is 1.19. The highest BCUT2D eigenvalue weighted by Gasteiger charge is 2.20. The zero-order valence-electron chi connectivity index (χ0n) is 6.20. The fraction of sp³-hybridized carbons (Fsp3) is 0.571. The summed E-state index contributed by atoms with van der Waals surface area (Å²) in [5, 5.41) is 0. The summed E-state index contributed by atoms with van der Waals surface area (Å²) < 4.78 is 4.90. The molecule has 56 valence electrons. The van der Waals surface area contributed by atoms with Crippen molar-refractivity contribution in [1.82, 2.24) is 4.90 Å². The van der Waals surface area contributed by atoms with E-state index in [4.69, 9.17) is 4.74 Å². The topological polar surface area (TPSA) is 29.5 Å². The van der Waals surface area contributed by atoms with Crippen LogP contribution in [-0.2, 0) is 9.53 Å². The molecule has 0 saturated heterocycles. The lowest BCUT2D eigenvalue weighted by Gasteiger charge is -2.17. The number of ether oxygens (including phenoxy) is 1. The van der Waals surface area contributed by atoms with Crippen LogP contribution in [0, 0.1) is 0 Å². The molecule has 1 amide bonds. The Morgan fingerprint density at radius 3 is 2.90 bits per heavy atom. The zero-order valence-corrected chi connectivity index (χ0v) is 6.20. The van der Waals surface area contributed by atoms with E-state index in [1.54, 1.807) is 25.1 Å². The summed E-state index contributed by atoms with van der Waals surface area (Å²) in [6.07, 6.45) is 3.43. The monoisotopic (exact) mass is 141 g/mol. The number of methoxy groups -OCH3 is 1. The first-order valence-electron chi connectivity index (χ1n) is 3.19. The van der Waals surface area contributed by atoms with Crippen molar-refractivity contribution in [2.45, 2.75) is 6.04 Å². The first-order chi connectivity index (χ1) is 4.75. The van der Waals surface area contributed by atoms with Gasteiger partial charge >= 0.3 is 0 Å². The van der Waals surface area contributed by atoms with Crippen LogP contribution in [0.15, 0.2) is 12.2 Å². The smallest absolute Gasteiger partial charge is 0.246 e. The Kier molecular flexibility index (Phi) is 2.06. The molecule has 0 bridgehead atoms. The van der Waals surface area contributed by atoms with Crippen LogP contribution in [0.3, 0.4) is 0 Å². The Balaban J connectivity index is 2.49. The van der Waals surface area contributed by atoms with Gasteiger partial charge in [-0.05, 0) is 0 Å². The van der Waals surface area contributed by atoms with Crippen LogP contribution in [0.2, 0.25) is 0 Å². The second-order valence-electron chi connectivity index (χ2n) is 2.33. The van der Waals surface area contributed by atoms with Gasteiger partial charge in [-0.15, -0.1) is 0 Å². The molecule has 3 nitrogen and oxygen atoms in total. The summed E-state index contributed by atoms with van der Waals surface area (Å²) in [4.78, 5) is 12.5. The maximum Gasteiger partial charge on any atom is 0.246 e. The quantitative estimate of drug-likeness (QED) is 0.543. The molecule has 1 aliphatic rings. The molecule has 0 radical (unpaired) electrons. The van der Waals surface area contributed by atoms with Crippen LogP contribution < -0.4 is 0 Å². The minimum absolute atomic E-state index is 0.0575. The molecule has 0 spiro atoms. The molecule has 1 rings (SSSR count). The summed E-state index contributed by atoms with van der Waals surface area (Å²) in [6.45, 7) is 0.582. The Labute approximate surface area is 60.3 Å². The number of hydrogen-bond acceptors (Lipinski definition) is 2. The van der Waals surface area contributed by atoms with Crippen LogP contribution in [0.1, 0.15) is 0 Å². The Bertz CT molecular complexity index is 165. The Hall–Kier alpha value is -0.830. The van der Waals surface area contributed by atoms with E-state index < -0.39 is 0 Å². The van der Waals surface area contributed by atoms with Gasteiger partial charge in [-0.2, -0.15) is 0 Å². The van der Waals surface area contributed by atoms with Crippen molar-refractivity contribution < 1.29 is 9.53 Å². The summed E-state index contributed by atoms with van der Waals surface area (Å²) >= 11 is 0. The molecule has 0 aromatic heterocycles. The van der Waals surface area contributed by atoms with Crippen molar-refractivity contribution in [3.05, 3.63) is 12.2 Å². The average Bonchev–Trinajstić information content (AvgIpc) is 2.20. The van der Waals surface area contributed by atoms with Crippen LogP contribution in [0.5, 0.6) is 0 Å². The predicted molar refractivity (Wildman–Crippen MR) is 37.6 cm³/mol. The lowest BCUT2D eigenvalue weighted by Crippen LogP contribution is -2.32. The maximum atomic E-state index is 10.8. The summed E-state index contributed by atoms with van der Waals surface area (Å²) in [7, 11) is 3.40. The molecule has 0 N–H and O–H groups in total. The van der Waals surface area contributed by atoms with Gasteiger partial charge in [0.05, 0.1) is 12.6 Å². The maximum absolute atomic E-state index is 10.8. The number of carbonyl (C=O) groups is 1. The highest BCUT2D eigenvalue weighted by atomic mass is 16.5. The van der Waals surface area contributed by atoms with Gasteiger partial charge in [0, 0.05) is 20.2 Å². The van der Waals surface area contributed by atoms with E-state index in [0.29, 0.717) is 6.61 Å². The average molecular weight is 141 g/mol. The van der Waals surface area contributed by atoms with Gasteiger partial charge in [0.2, 0.25) is 5.91 Å². The van der Waals surface area contributed by atoms with Crippen molar-refractivity contribution in [3.63, 3.8) is 0 Å². The summed E-state index contributed by atoms with van der Waals surface area (Å²) in [5.41, 5.74) is 0. The zero-order chi connectivity index (χ0) is 7.56. The molecular formula is C7H11NO2. The predicted octanol–water partition coefficient (Wildman–Crippen LogP) is 0.0296. The van der Waals surface area contributed by atoms with Gasteiger partial charge in [-0.1, -0.05) is 6.08 Å². The highest BCUT2D eigenvalue weighted by Crippen LogP contribution is 2.07. The van der Waals surface area contributed by atoms with Gasteiger partial charge < -0.3 is 9.64 Å². The number of carbonyl (C=O) groups excluding carboxylic acids is 1. The van der Waals surface area contributed by atoms with Crippen LogP contribution in [0.25, 0.3) is 0 Å². The largest absolute Gasteiger partial charge is 0.382 e. The van der Waals surface area contributed by atoms with E-state index in [0.717, 1.165) is 0 Å². The molecule has 1 unspecified atom stereocenters. The minimum Gasteiger partial charge on any atom is -0.382 e. The minimum atomic E-state index is 0.0575. The second-order valence-corrected chi connectivity index (χ2v) is 2.33. The molecule has 1 atom stereocenters. The molecule has 10 heavy (non-hydrogen) atoms. The molecule has 0 aliphatic carbocycles. The number of rotatable bonds is 2. The van der Waals surface area contributed by atoms with E-state index in [2.05, 4.69) is 0 Å². The van der Waals surface area contributed by atoms with Gasteiger partial charge in [0.15, 0.2) is 0 Å². The van der Waals surface area contributed by atoms with Crippen molar-refractivity contribution >= 4 is 5.91 Å². The van der Waals surface area contributed by atoms with Gasteiger partial charge in [-0.25, -0.2) is 0 Å². The van der Waals surface area contributed by atoms with Crippen molar-refractivity contribution in [3.8, 4) is 0 Å². The fourth-order valence-corrected chi connectivity index (χ4v) is 0.942. The van der Waals surface area contributed by atoms with E-state index in [1.165, 1.54) is 0 Å². The lowest BCUT2D eigenvalue weighted by atomic mass is 10.3.